The normalized spacial score (nSPS) is 11.0. The summed E-state index contributed by atoms with van der Waals surface area (Å²) < 4.78 is 0. The lowest BCUT2D eigenvalue weighted by Crippen LogP contribution is -2.24. The van der Waals surface area contributed by atoms with E-state index in [-0.39, 0.29) is 6.54 Å². The van der Waals surface area contributed by atoms with Crippen molar-refractivity contribution in [3.05, 3.63) is 63.1 Å². The standard InChI is InChI=1S/C16H11Cl3N6O/c17-12-5-11(6-13(18)7-12)16-22-24-25(23-16)9-15(26)21-20-8-10-3-1-2-4-14(10)19/h1-8H,9H2,(H,21,26)/b20-8+. The zero-order chi connectivity index (χ0) is 18.5. The number of aromatic nitrogens is 4. The van der Waals surface area contributed by atoms with Crippen LogP contribution in [0.3, 0.4) is 0 Å². The Labute approximate surface area is 163 Å². The van der Waals surface area contributed by atoms with Gasteiger partial charge in [0.25, 0.3) is 5.91 Å². The highest BCUT2D eigenvalue weighted by molar-refractivity contribution is 6.35. The first-order valence-corrected chi connectivity index (χ1v) is 8.45. The molecule has 0 spiro atoms. The first-order valence-electron chi connectivity index (χ1n) is 7.32. The number of tetrazole rings is 1. The van der Waals surface area contributed by atoms with Gasteiger partial charge < -0.3 is 0 Å². The maximum atomic E-state index is 11.9. The van der Waals surface area contributed by atoms with Crippen LogP contribution in [-0.2, 0) is 11.3 Å². The molecule has 0 saturated carbocycles. The average molecular weight is 410 g/mol. The molecule has 0 saturated heterocycles. The molecule has 132 valence electrons. The van der Waals surface area contributed by atoms with Crippen LogP contribution in [0.15, 0.2) is 47.6 Å². The van der Waals surface area contributed by atoms with Gasteiger partial charge in [0, 0.05) is 26.2 Å². The first kappa shape index (κ1) is 18.3. The Morgan fingerprint density at radius 3 is 2.62 bits per heavy atom. The smallest absolute Gasteiger partial charge is 0.263 e. The van der Waals surface area contributed by atoms with Gasteiger partial charge in [-0.1, -0.05) is 53.0 Å². The summed E-state index contributed by atoms with van der Waals surface area (Å²) in [6.45, 7) is -0.152. The van der Waals surface area contributed by atoms with E-state index in [2.05, 4.69) is 25.9 Å². The predicted octanol–water partition coefficient (Wildman–Crippen LogP) is 3.45. The first-order chi connectivity index (χ1) is 12.5. The summed E-state index contributed by atoms with van der Waals surface area (Å²) in [7, 11) is 0. The topological polar surface area (TPSA) is 85.1 Å². The molecular formula is C16H11Cl3N6O. The van der Waals surface area contributed by atoms with Crippen LogP contribution in [0.1, 0.15) is 5.56 Å². The minimum absolute atomic E-state index is 0.152. The third-order valence-corrected chi connectivity index (χ3v) is 3.94. The molecule has 0 bridgehead atoms. The molecule has 0 aliphatic rings. The van der Waals surface area contributed by atoms with E-state index in [1.807, 2.05) is 6.07 Å². The highest BCUT2D eigenvalue weighted by Gasteiger charge is 2.10. The largest absolute Gasteiger partial charge is 0.271 e. The summed E-state index contributed by atoms with van der Waals surface area (Å²) in [5, 5.41) is 17.1. The van der Waals surface area contributed by atoms with Crippen molar-refractivity contribution < 1.29 is 4.79 Å². The Hall–Kier alpha value is -2.48. The van der Waals surface area contributed by atoms with E-state index in [1.54, 1.807) is 36.4 Å². The van der Waals surface area contributed by atoms with Crippen molar-refractivity contribution >= 4 is 46.9 Å². The highest BCUT2D eigenvalue weighted by Crippen LogP contribution is 2.24. The summed E-state index contributed by atoms with van der Waals surface area (Å²) in [5.41, 5.74) is 3.67. The van der Waals surface area contributed by atoms with Crippen LogP contribution in [0.5, 0.6) is 0 Å². The Kier molecular flexibility index (Phi) is 5.82. The van der Waals surface area contributed by atoms with Crippen molar-refractivity contribution in [3.8, 4) is 11.4 Å². The molecule has 3 rings (SSSR count). The number of rotatable bonds is 5. The molecule has 26 heavy (non-hydrogen) atoms. The number of hydrogen-bond donors (Lipinski definition) is 1. The maximum Gasteiger partial charge on any atom is 0.263 e. The highest BCUT2D eigenvalue weighted by atomic mass is 35.5. The van der Waals surface area contributed by atoms with E-state index in [0.29, 0.717) is 32.0 Å². The van der Waals surface area contributed by atoms with E-state index in [9.17, 15) is 4.79 Å². The lowest BCUT2D eigenvalue weighted by atomic mass is 10.2. The van der Waals surface area contributed by atoms with E-state index >= 15 is 0 Å². The Morgan fingerprint density at radius 2 is 1.88 bits per heavy atom. The summed E-state index contributed by atoms with van der Waals surface area (Å²) in [4.78, 5) is 13.1. The van der Waals surface area contributed by atoms with Crippen molar-refractivity contribution in [2.75, 3.05) is 0 Å². The van der Waals surface area contributed by atoms with Gasteiger partial charge in [-0.2, -0.15) is 9.90 Å². The summed E-state index contributed by atoms with van der Waals surface area (Å²) >= 11 is 17.9. The van der Waals surface area contributed by atoms with Crippen LogP contribution >= 0.6 is 34.8 Å². The average Bonchev–Trinajstić information content (AvgIpc) is 3.04. The van der Waals surface area contributed by atoms with Crippen LogP contribution in [0.25, 0.3) is 11.4 Å². The fourth-order valence-corrected chi connectivity index (χ4v) is 2.74. The van der Waals surface area contributed by atoms with Gasteiger partial charge >= 0.3 is 0 Å². The maximum absolute atomic E-state index is 11.9. The van der Waals surface area contributed by atoms with Gasteiger partial charge in [-0.3, -0.25) is 4.79 Å². The van der Waals surface area contributed by atoms with Gasteiger partial charge in [0.05, 0.1) is 6.21 Å². The molecule has 1 N–H and O–H groups in total. The van der Waals surface area contributed by atoms with Crippen molar-refractivity contribution in [2.24, 2.45) is 5.10 Å². The number of benzene rings is 2. The molecule has 0 radical (unpaired) electrons. The summed E-state index contributed by atoms with van der Waals surface area (Å²) in [6, 6.07) is 12.0. The van der Waals surface area contributed by atoms with Crippen molar-refractivity contribution in [1.82, 2.24) is 25.6 Å². The van der Waals surface area contributed by atoms with Gasteiger partial charge in [0.15, 0.2) is 0 Å². The summed E-state index contributed by atoms with van der Waals surface area (Å²) in [5.74, 6) is -0.108. The molecule has 0 atom stereocenters. The van der Waals surface area contributed by atoms with E-state index in [0.717, 1.165) is 4.80 Å². The molecular weight excluding hydrogens is 399 g/mol. The minimum Gasteiger partial charge on any atom is -0.271 e. The zero-order valence-electron chi connectivity index (χ0n) is 13.1. The van der Waals surface area contributed by atoms with Crippen molar-refractivity contribution in [3.63, 3.8) is 0 Å². The van der Waals surface area contributed by atoms with Gasteiger partial charge in [-0.05, 0) is 29.5 Å². The van der Waals surface area contributed by atoms with Gasteiger partial charge in [-0.25, -0.2) is 5.43 Å². The second kappa shape index (κ2) is 8.27. The predicted molar refractivity (Wildman–Crippen MR) is 100 cm³/mol. The number of amides is 1. The lowest BCUT2D eigenvalue weighted by Gasteiger charge is -1.99. The zero-order valence-corrected chi connectivity index (χ0v) is 15.4. The van der Waals surface area contributed by atoms with Crippen LogP contribution < -0.4 is 5.43 Å². The van der Waals surface area contributed by atoms with Crippen molar-refractivity contribution in [1.29, 1.82) is 0 Å². The SMILES string of the molecule is O=C(Cn1nnc(-c2cc(Cl)cc(Cl)c2)n1)N/N=C/c1ccccc1Cl. The van der Waals surface area contributed by atoms with Crippen LogP contribution in [0, 0.1) is 0 Å². The van der Waals surface area contributed by atoms with Crippen LogP contribution in [0.2, 0.25) is 15.1 Å². The third-order valence-electron chi connectivity index (χ3n) is 3.16. The van der Waals surface area contributed by atoms with E-state index < -0.39 is 5.91 Å². The van der Waals surface area contributed by atoms with Gasteiger partial charge in [0.2, 0.25) is 5.82 Å². The molecule has 2 aromatic carbocycles. The molecule has 0 aliphatic heterocycles. The van der Waals surface area contributed by atoms with E-state index in [1.165, 1.54) is 6.21 Å². The Bertz CT molecular complexity index is 952. The number of halogens is 3. The Morgan fingerprint density at radius 1 is 1.15 bits per heavy atom. The minimum atomic E-state index is -0.415. The number of hydrogen-bond acceptors (Lipinski definition) is 5. The molecule has 1 aromatic heterocycles. The molecule has 10 heteroatoms. The molecule has 0 fully saturated rings. The second-order valence-corrected chi connectivity index (χ2v) is 6.40. The van der Waals surface area contributed by atoms with Gasteiger partial charge in [-0.15, -0.1) is 10.2 Å². The number of nitrogens with zero attached hydrogens (tertiary/aromatic N) is 5. The lowest BCUT2D eigenvalue weighted by molar-refractivity contribution is -0.122. The second-order valence-electron chi connectivity index (χ2n) is 5.12. The molecule has 3 aromatic rings. The number of nitrogens with one attached hydrogen (secondary N) is 1. The fraction of sp³-hybridized carbons (Fsp3) is 0.0625. The van der Waals surface area contributed by atoms with Crippen LogP contribution in [-0.4, -0.2) is 32.3 Å². The van der Waals surface area contributed by atoms with E-state index in [4.69, 9.17) is 34.8 Å². The monoisotopic (exact) mass is 408 g/mol. The molecule has 0 unspecified atom stereocenters. The molecule has 1 amide bonds. The fourth-order valence-electron chi connectivity index (χ4n) is 2.03. The number of carbonyl (C=O) groups excluding carboxylic acids is 1. The quantitative estimate of drug-likeness (QED) is 0.516. The number of carbonyl (C=O) groups is 1. The summed E-state index contributed by atoms with van der Waals surface area (Å²) in [6.07, 6.45) is 1.45. The third kappa shape index (κ3) is 4.78. The number of hydrazone groups is 1. The molecule has 7 nitrogen and oxygen atoms in total. The molecule has 1 heterocycles. The molecule has 0 aliphatic carbocycles. The van der Waals surface area contributed by atoms with Gasteiger partial charge in [0.1, 0.15) is 6.54 Å². The van der Waals surface area contributed by atoms with Crippen LogP contribution in [0.4, 0.5) is 0 Å². The Balaban J connectivity index is 1.62. The van der Waals surface area contributed by atoms with Crippen molar-refractivity contribution in [2.45, 2.75) is 6.54 Å².